The molecule has 3 nitrogen and oxygen atoms in total. The third-order valence-corrected chi connectivity index (χ3v) is 1.65. The first-order chi connectivity index (χ1) is 4.49. The molecule has 10 heavy (non-hydrogen) atoms. The number of hydrogen-bond donors (Lipinski definition) is 1. The number of hydrogen-bond acceptors (Lipinski definition) is 2. The molecule has 0 spiro atoms. The van der Waals surface area contributed by atoms with Crippen LogP contribution in [0.15, 0.2) is 0 Å². The summed E-state index contributed by atoms with van der Waals surface area (Å²) in [6, 6.07) is 0. The van der Waals surface area contributed by atoms with Crippen LogP contribution in [0.4, 0.5) is 0 Å². The molecule has 0 atom stereocenters. The van der Waals surface area contributed by atoms with Gasteiger partial charge in [0.2, 0.25) is 11.8 Å². The molecule has 0 bridgehead atoms. The number of imide groups is 1. The molecule has 1 N–H and O–H groups in total. The Morgan fingerprint density at radius 1 is 1.20 bits per heavy atom. The van der Waals surface area contributed by atoms with Crippen LogP contribution >= 0.6 is 23.2 Å². The molecule has 2 amide bonds. The van der Waals surface area contributed by atoms with Crippen molar-refractivity contribution in [3.8, 4) is 0 Å². The van der Waals surface area contributed by atoms with Crippen molar-refractivity contribution in [1.29, 1.82) is 0 Å². The Hall–Kier alpha value is -0.280. The molecular formula is C5H5Cl2NO2. The van der Waals surface area contributed by atoms with Crippen LogP contribution in [0.1, 0.15) is 12.8 Å². The molecule has 5 heteroatoms. The number of amides is 2. The standard InChI is InChI=1S/C5H5Cl2NO2/c6-5(7)1-3(9)8-4(10)2-5/h1-2H2,(H,8,9,10). The van der Waals surface area contributed by atoms with E-state index in [0.29, 0.717) is 0 Å². The van der Waals surface area contributed by atoms with E-state index in [1.807, 2.05) is 0 Å². The van der Waals surface area contributed by atoms with Crippen molar-refractivity contribution in [2.24, 2.45) is 0 Å². The summed E-state index contributed by atoms with van der Waals surface area (Å²) in [7, 11) is 0. The third-order valence-electron chi connectivity index (χ3n) is 1.12. The third kappa shape index (κ3) is 1.85. The maximum absolute atomic E-state index is 10.6. The molecule has 1 rings (SSSR count). The van der Waals surface area contributed by atoms with E-state index in [4.69, 9.17) is 23.2 Å². The minimum atomic E-state index is -1.20. The van der Waals surface area contributed by atoms with E-state index in [0.717, 1.165) is 0 Å². The molecule has 1 aliphatic heterocycles. The van der Waals surface area contributed by atoms with Gasteiger partial charge in [-0.1, -0.05) is 0 Å². The van der Waals surface area contributed by atoms with Crippen LogP contribution in [-0.2, 0) is 9.59 Å². The van der Waals surface area contributed by atoms with E-state index < -0.39 is 16.1 Å². The largest absolute Gasteiger partial charge is 0.296 e. The predicted molar refractivity (Wildman–Crippen MR) is 36.8 cm³/mol. The van der Waals surface area contributed by atoms with Gasteiger partial charge in [-0.2, -0.15) is 0 Å². The van der Waals surface area contributed by atoms with Crippen LogP contribution in [0.25, 0.3) is 0 Å². The van der Waals surface area contributed by atoms with Crippen molar-refractivity contribution >= 4 is 35.0 Å². The summed E-state index contributed by atoms with van der Waals surface area (Å²) in [6.07, 6.45) is -0.0241. The molecular weight excluding hydrogens is 177 g/mol. The van der Waals surface area contributed by atoms with Crippen LogP contribution in [-0.4, -0.2) is 16.1 Å². The quantitative estimate of drug-likeness (QED) is 0.440. The highest BCUT2D eigenvalue weighted by atomic mass is 35.5. The number of carbonyl (C=O) groups is 2. The maximum Gasteiger partial charge on any atom is 0.229 e. The summed E-state index contributed by atoms with van der Waals surface area (Å²) in [5.74, 6) is -0.831. The second-order valence-corrected chi connectivity index (χ2v) is 3.82. The maximum atomic E-state index is 10.6. The summed E-state index contributed by atoms with van der Waals surface area (Å²) in [4.78, 5) is 21.2. The molecule has 0 saturated carbocycles. The van der Waals surface area contributed by atoms with Crippen LogP contribution in [0, 0.1) is 0 Å². The molecule has 1 heterocycles. The normalized spacial score (nSPS) is 24.2. The minimum absolute atomic E-state index is 0.0121. The molecule has 0 aromatic heterocycles. The van der Waals surface area contributed by atoms with Crippen molar-refractivity contribution in [3.05, 3.63) is 0 Å². The van der Waals surface area contributed by atoms with Crippen molar-refractivity contribution in [3.63, 3.8) is 0 Å². The van der Waals surface area contributed by atoms with E-state index in [2.05, 4.69) is 5.32 Å². The van der Waals surface area contributed by atoms with E-state index in [1.54, 1.807) is 0 Å². The van der Waals surface area contributed by atoms with Gasteiger partial charge in [-0.15, -0.1) is 23.2 Å². The smallest absolute Gasteiger partial charge is 0.229 e. The Balaban J connectivity index is 2.68. The van der Waals surface area contributed by atoms with E-state index >= 15 is 0 Å². The van der Waals surface area contributed by atoms with Crippen LogP contribution in [0.5, 0.6) is 0 Å². The summed E-state index contributed by atoms with van der Waals surface area (Å²) >= 11 is 11.1. The zero-order chi connectivity index (χ0) is 7.78. The van der Waals surface area contributed by atoms with Crippen molar-refractivity contribution in [2.75, 3.05) is 0 Å². The highest BCUT2D eigenvalue weighted by molar-refractivity contribution is 6.50. The number of halogens is 2. The molecule has 0 aromatic rings. The average Bonchev–Trinajstić information content (AvgIpc) is 1.54. The second kappa shape index (κ2) is 2.40. The molecule has 1 saturated heterocycles. The van der Waals surface area contributed by atoms with Crippen LogP contribution in [0.3, 0.4) is 0 Å². The first-order valence-electron chi connectivity index (χ1n) is 2.70. The Morgan fingerprint density at radius 2 is 1.60 bits per heavy atom. The highest BCUT2D eigenvalue weighted by Gasteiger charge is 2.35. The Morgan fingerprint density at radius 3 is 1.90 bits per heavy atom. The minimum Gasteiger partial charge on any atom is -0.296 e. The number of carbonyl (C=O) groups excluding carboxylic acids is 2. The summed E-state index contributed by atoms with van der Waals surface area (Å²) < 4.78 is -1.20. The Kier molecular flexibility index (Phi) is 1.88. The Bertz CT molecular complexity index is 172. The van der Waals surface area contributed by atoms with E-state index in [1.165, 1.54) is 0 Å². The van der Waals surface area contributed by atoms with E-state index in [-0.39, 0.29) is 12.8 Å². The second-order valence-electron chi connectivity index (χ2n) is 2.18. The van der Waals surface area contributed by atoms with Gasteiger partial charge in [-0.25, -0.2) is 0 Å². The molecule has 0 aliphatic carbocycles. The number of piperidine rings is 1. The average molecular weight is 182 g/mol. The number of rotatable bonds is 0. The van der Waals surface area contributed by atoms with Gasteiger partial charge in [0.25, 0.3) is 0 Å². The first-order valence-corrected chi connectivity index (χ1v) is 3.46. The lowest BCUT2D eigenvalue weighted by atomic mass is 10.1. The molecule has 1 fully saturated rings. The van der Waals surface area contributed by atoms with Gasteiger partial charge in [-0.05, 0) is 0 Å². The fraction of sp³-hybridized carbons (Fsp3) is 0.600. The van der Waals surface area contributed by atoms with E-state index in [9.17, 15) is 9.59 Å². The van der Waals surface area contributed by atoms with Gasteiger partial charge in [0.15, 0.2) is 0 Å². The molecule has 0 radical (unpaired) electrons. The lowest BCUT2D eigenvalue weighted by molar-refractivity contribution is -0.133. The SMILES string of the molecule is O=C1CC(Cl)(Cl)CC(=O)N1. The monoisotopic (exact) mass is 181 g/mol. The molecule has 0 aromatic carbocycles. The fourth-order valence-electron chi connectivity index (χ4n) is 0.776. The first kappa shape index (κ1) is 7.82. The van der Waals surface area contributed by atoms with Gasteiger partial charge in [0.05, 0.1) is 12.8 Å². The molecule has 1 aliphatic rings. The van der Waals surface area contributed by atoms with Crippen molar-refractivity contribution < 1.29 is 9.59 Å². The summed E-state index contributed by atoms with van der Waals surface area (Å²) in [6.45, 7) is 0. The molecule has 56 valence electrons. The zero-order valence-corrected chi connectivity index (χ0v) is 6.50. The van der Waals surface area contributed by atoms with Crippen molar-refractivity contribution in [2.45, 2.75) is 17.2 Å². The number of nitrogens with one attached hydrogen (secondary N) is 1. The highest BCUT2D eigenvalue weighted by Crippen LogP contribution is 2.31. The van der Waals surface area contributed by atoms with Crippen molar-refractivity contribution in [1.82, 2.24) is 5.32 Å². The summed E-state index contributed by atoms with van der Waals surface area (Å²) in [5, 5.41) is 2.09. The Labute approximate surface area is 67.7 Å². The van der Waals surface area contributed by atoms with Gasteiger partial charge in [0, 0.05) is 0 Å². The fourth-order valence-corrected chi connectivity index (χ4v) is 1.26. The predicted octanol–water partition coefficient (Wildman–Crippen LogP) is 0.597. The molecule has 0 unspecified atom stereocenters. The van der Waals surface area contributed by atoms with Gasteiger partial charge in [-0.3, -0.25) is 14.9 Å². The van der Waals surface area contributed by atoms with Crippen LogP contribution in [0.2, 0.25) is 0 Å². The topological polar surface area (TPSA) is 46.2 Å². The van der Waals surface area contributed by atoms with Gasteiger partial charge >= 0.3 is 0 Å². The van der Waals surface area contributed by atoms with Gasteiger partial charge < -0.3 is 0 Å². The zero-order valence-electron chi connectivity index (χ0n) is 4.99. The van der Waals surface area contributed by atoms with Gasteiger partial charge in [0.1, 0.15) is 4.33 Å². The lowest BCUT2D eigenvalue weighted by Gasteiger charge is -2.22. The number of alkyl halides is 2. The van der Waals surface area contributed by atoms with Crippen LogP contribution < -0.4 is 5.32 Å². The lowest BCUT2D eigenvalue weighted by Crippen LogP contribution is -2.43. The summed E-state index contributed by atoms with van der Waals surface area (Å²) in [5.41, 5.74) is 0.